The maximum Gasteiger partial charge on any atom is 0.326 e. The van der Waals surface area contributed by atoms with Gasteiger partial charge in [0.2, 0.25) is 11.8 Å². The van der Waals surface area contributed by atoms with Crippen molar-refractivity contribution >= 4 is 46.3 Å². The van der Waals surface area contributed by atoms with Crippen molar-refractivity contribution < 1.29 is 19.5 Å². The molecule has 0 spiro atoms. The maximum atomic E-state index is 13.6. The number of nitrogens with one attached hydrogen (secondary N) is 2. The van der Waals surface area contributed by atoms with Crippen LogP contribution in [0.15, 0.2) is 77.8 Å². The van der Waals surface area contributed by atoms with Crippen LogP contribution in [0.25, 0.3) is 10.8 Å². The van der Waals surface area contributed by atoms with Crippen LogP contribution in [-0.4, -0.2) is 76.5 Å². The first kappa shape index (κ1) is 30.9. The van der Waals surface area contributed by atoms with Crippen LogP contribution in [0.5, 0.6) is 0 Å². The van der Waals surface area contributed by atoms with E-state index in [1.165, 1.54) is 16.7 Å². The third-order valence-corrected chi connectivity index (χ3v) is 8.27. The Morgan fingerprint density at radius 1 is 1.07 bits per heavy atom. The number of hydrogen-bond donors (Lipinski definition) is 5. The fourth-order valence-corrected chi connectivity index (χ4v) is 6.12. The van der Waals surface area contributed by atoms with Crippen molar-refractivity contribution in [2.45, 2.75) is 43.9 Å². The molecule has 0 bridgehead atoms. The summed E-state index contributed by atoms with van der Waals surface area (Å²) >= 11 is 1.32. The average Bonchev–Trinajstić information content (AvgIpc) is 2.97. The van der Waals surface area contributed by atoms with Crippen LogP contribution in [0.1, 0.15) is 24.0 Å². The summed E-state index contributed by atoms with van der Waals surface area (Å²) in [5.41, 5.74) is 12.8. The van der Waals surface area contributed by atoms with Crippen LogP contribution in [0.2, 0.25) is 0 Å². The molecule has 1 aliphatic heterocycles. The highest BCUT2D eigenvalue weighted by molar-refractivity contribution is 8.00. The summed E-state index contributed by atoms with van der Waals surface area (Å²) in [6.45, 7) is 0.812. The van der Waals surface area contributed by atoms with Crippen LogP contribution in [0.3, 0.4) is 0 Å². The van der Waals surface area contributed by atoms with Crippen molar-refractivity contribution in [1.29, 1.82) is 0 Å². The molecule has 1 heterocycles. The number of carbonyl (C=O) groups is 3. The lowest BCUT2D eigenvalue weighted by Crippen LogP contribution is -2.57. The van der Waals surface area contributed by atoms with Crippen molar-refractivity contribution in [3.63, 3.8) is 0 Å². The summed E-state index contributed by atoms with van der Waals surface area (Å²) in [5.74, 6) is -1.21. The summed E-state index contributed by atoms with van der Waals surface area (Å²) in [6.07, 6.45) is 1.02. The molecule has 4 rings (SSSR count). The van der Waals surface area contributed by atoms with E-state index in [1.807, 2.05) is 54.6 Å². The first-order valence-electron chi connectivity index (χ1n) is 14.0. The van der Waals surface area contributed by atoms with Crippen molar-refractivity contribution in [2.24, 2.45) is 16.5 Å². The van der Waals surface area contributed by atoms with Gasteiger partial charge < -0.3 is 32.1 Å². The van der Waals surface area contributed by atoms with Gasteiger partial charge in [-0.1, -0.05) is 72.8 Å². The zero-order valence-electron chi connectivity index (χ0n) is 23.4. The SMILES string of the molecule is NC(N)=NCCC[C@@H](C(=O)O)N1C[C@@H](Cc2ccccc2)NC(=O)[C@@H](NCc2cccc3ccccc23)CSCC1=O. The van der Waals surface area contributed by atoms with Crippen molar-refractivity contribution in [3.05, 3.63) is 83.9 Å². The fraction of sp³-hybridized carbons (Fsp3) is 0.355. The predicted octanol–water partition coefficient (Wildman–Crippen LogP) is 2.11. The van der Waals surface area contributed by atoms with Gasteiger partial charge in [-0.3, -0.25) is 14.6 Å². The summed E-state index contributed by atoms with van der Waals surface area (Å²) in [6, 6.07) is 21.7. The van der Waals surface area contributed by atoms with Gasteiger partial charge >= 0.3 is 5.97 Å². The first-order valence-corrected chi connectivity index (χ1v) is 15.2. The topological polar surface area (TPSA) is 163 Å². The van der Waals surface area contributed by atoms with Gasteiger partial charge in [-0.05, 0) is 41.2 Å². The van der Waals surface area contributed by atoms with E-state index < -0.39 is 24.1 Å². The molecule has 0 aliphatic carbocycles. The van der Waals surface area contributed by atoms with Gasteiger partial charge in [-0.15, -0.1) is 11.8 Å². The highest BCUT2D eigenvalue weighted by Crippen LogP contribution is 2.20. The molecule has 1 saturated heterocycles. The second kappa shape index (κ2) is 15.2. The Morgan fingerprint density at radius 3 is 2.57 bits per heavy atom. The van der Waals surface area contributed by atoms with E-state index in [2.05, 4.69) is 33.8 Å². The molecule has 222 valence electrons. The lowest BCUT2D eigenvalue weighted by Gasteiger charge is -2.34. The van der Waals surface area contributed by atoms with E-state index in [0.717, 1.165) is 21.9 Å². The van der Waals surface area contributed by atoms with Crippen LogP contribution in [0, 0.1) is 0 Å². The van der Waals surface area contributed by atoms with Crippen LogP contribution >= 0.6 is 11.8 Å². The van der Waals surface area contributed by atoms with Crippen molar-refractivity contribution in [3.8, 4) is 0 Å². The number of carboxylic acid groups (broad SMARTS) is 1. The average molecular weight is 591 g/mol. The number of carboxylic acids is 1. The number of benzene rings is 3. The number of nitrogens with zero attached hydrogens (tertiary/aromatic N) is 2. The minimum atomic E-state index is -1.10. The normalized spacial score (nSPS) is 18.7. The van der Waals surface area contributed by atoms with Gasteiger partial charge in [-0.2, -0.15) is 0 Å². The predicted molar refractivity (Wildman–Crippen MR) is 167 cm³/mol. The molecular weight excluding hydrogens is 552 g/mol. The molecule has 3 atom stereocenters. The van der Waals surface area contributed by atoms with Crippen LogP contribution in [0.4, 0.5) is 0 Å². The number of aliphatic carboxylic acids is 1. The molecule has 42 heavy (non-hydrogen) atoms. The molecule has 0 radical (unpaired) electrons. The third-order valence-electron chi connectivity index (χ3n) is 7.25. The van der Waals surface area contributed by atoms with Crippen LogP contribution in [-0.2, 0) is 27.3 Å². The van der Waals surface area contributed by atoms with E-state index in [9.17, 15) is 19.5 Å². The quantitative estimate of drug-likeness (QED) is 0.129. The van der Waals surface area contributed by atoms with Gasteiger partial charge in [0.1, 0.15) is 6.04 Å². The summed E-state index contributed by atoms with van der Waals surface area (Å²) in [4.78, 5) is 44.8. The Kier molecular flexibility index (Phi) is 11.2. The molecule has 7 N–H and O–H groups in total. The highest BCUT2D eigenvalue weighted by Gasteiger charge is 2.34. The van der Waals surface area contributed by atoms with Gasteiger partial charge in [0.25, 0.3) is 0 Å². The third kappa shape index (κ3) is 8.70. The number of rotatable bonds is 11. The summed E-state index contributed by atoms with van der Waals surface area (Å²) in [7, 11) is 0. The number of amides is 2. The van der Waals surface area contributed by atoms with E-state index >= 15 is 0 Å². The van der Waals surface area contributed by atoms with Crippen LogP contribution < -0.4 is 22.1 Å². The smallest absolute Gasteiger partial charge is 0.326 e. The lowest BCUT2D eigenvalue weighted by molar-refractivity contribution is -0.150. The molecule has 1 aliphatic rings. The Balaban J connectivity index is 1.53. The largest absolute Gasteiger partial charge is 0.480 e. The second-order valence-electron chi connectivity index (χ2n) is 10.3. The number of guanidine groups is 1. The van der Waals surface area contributed by atoms with E-state index in [4.69, 9.17) is 11.5 Å². The maximum absolute atomic E-state index is 13.6. The fourth-order valence-electron chi connectivity index (χ4n) is 5.16. The summed E-state index contributed by atoms with van der Waals surface area (Å²) in [5, 5.41) is 18.9. The second-order valence-corrected chi connectivity index (χ2v) is 11.4. The molecule has 2 amide bonds. The van der Waals surface area contributed by atoms with E-state index in [0.29, 0.717) is 25.1 Å². The molecule has 1 fully saturated rings. The van der Waals surface area contributed by atoms with E-state index in [1.54, 1.807) is 0 Å². The Morgan fingerprint density at radius 2 is 1.81 bits per heavy atom. The molecule has 0 unspecified atom stereocenters. The zero-order valence-corrected chi connectivity index (χ0v) is 24.3. The Hall–Kier alpha value is -4.09. The molecule has 0 saturated carbocycles. The minimum Gasteiger partial charge on any atom is -0.480 e. The standard InChI is InChI=1S/C31H38N6O4S/c32-31(33)34-15-7-14-27(30(40)41)37-18-24(16-21-8-2-1-3-9-21)36-29(39)26(19-42-20-28(37)38)35-17-23-12-6-11-22-10-4-5-13-25(22)23/h1-6,8-13,24,26-27,35H,7,14-20H2,(H,36,39)(H,40,41)(H4,32,33,34)/t24-,26+,27+/m1/s1. The molecule has 11 heteroatoms. The molecular formula is C31H38N6O4S. The molecule has 3 aromatic rings. The van der Waals surface area contributed by atoms with Gasteiger partial charge in [0.15, 0.2) is 5.96 Å². The number of fused-ring (bicyclic) bond motifs is 1. The van der Waals surface area contributed by atoms with Crippen molar-refractivity contribution in [2.75, 3.05) is 24.6 Å². The first-order chi connectivity index (χ1) is 20.3. The number of thioether (sulfide) groups is 1. The molecule has 3 aromatic carbocycles. The number of nitrogens with two attached hydrogens (primary N) is 2. The number of hydrogen-bond acceptors (Lipinski definition) is 6. The Bertz CT molecular complexity index is 1390. The minimum absolute atomic E-state index is 0.0648. The number of carbonyl (C=O) groups excluding carboxylic acids is 2. The highest BCUT2D eigenvalue weighted by atomic mass is 32.2. The zero-order chi connectivity index (χ0) is 29.9. The van der Waals surface area contributed by atoms with Gasteiger partial charge in [-0.25, -0.2) is 4.79 Å². The molecule has 0 aromatic heterocycles. The van der Waals surface area contributed by atoms with Crippen molar-refractivity contribution in [1.82, 2.24) is 15.5 Å². The van der Waals surface area contributed by atoms with Gasteiger partial charge in [0, 0.05) is 25.4 Å². The molecule has 10 nitrogen and oxygen atoms in total. The lowest BCUT2D eigenvalue weighted by atomic mass is 10.0. The monoisotopic (exact) mass is 590 g/mol. The van der Waals surface area contributed by atoms with E-state index in [-0.39, 0.29) is 43.0 Å². The van der Waals surface area contributed by atoms with Gasteiger partial charge in [0.05, 0.1) is 17.8 Å². The number of aliphatic imine (C=N–C) groups is 1. The Labute approximate surface area is 249 Å². The summed E-state index contributed by atoms with van der Waals surface area (Å²) < 4.78 is 0.